The van der Waals surface area contributed by atoms with Crippen molar-refractivity contribution < 1.29 is 27.5 Å². The normalized spacial score (nSPS) is 15.2. The quantitative estimate of drug-likeness (QED) is 0.436. The average Bonchev–Trinajstić information content (AvgIpc) is 3.03. The van der Waals surface area contributed by atoms with Gasteiger partial charge in [-0.25, -0.2) is 9.69 Å². The first-order valence-electron chi connectivity index (χ1n) is 10.9. The average molecular weight is 494 g/mol. The Kier molecular flexibility index (Phi) is 6.41. The molecule has 0 saturated carbocycles. The van der Waals surface area contributed by atoms with Gasteiger partial charge in [0.1, 0.15) is 17.9 Å². The van der Waals surface area contributed by atoms with E-state index in [2.05, 4.69) is 4.98 Å². The fraction of sp³-hybridized carbons (Fsp3) is 0.231. The highest BCUT2D eigenvalue weighted by atomic mass is 19.4. The molecule has 10 heteroatoms. The molecule has 0 atom stereocenters. The summed E-state index contributed by atoms with van der Waals surface area (Å²) in [5.74, 6) is -0.116. The molecule has 4 rings (SSSR count). The number of benzene rings is 2. The van der Waals surface area contributed by atoms with E-state index in [0.29, 0.717) is 16.7 Å². The van der Waals surface area contributed by atoms with Crippen LogP contribution in [0, 0.1) is 11.3 Å². The minimum Gasteiger partial charge on any atom is -0.492 e. The third-order valence-electron chi connectivity index (χ3n) is 5.96. The second-order valence-corrected chi connectivity index (χ2v) is 8.58. The summed E-state index contributed by atoms with van der Waals surface area (Å²) in [7, 11) is 0. The fourth-order valence-electron chi connectivity index (χ4n) is 3.98. The molecule has 1 aliphatic heterocycles. The van der Waals surface area contributed by atoms with Crippen LogP contribution in [-0.2, 0) is 11.0 Å². The summed E-state index contributed by atoms with van der Waals surface area (Å²) in [6.45, 7) is 3.13. The van der Waals surface area contributed by atoms with Gasteiger partial charge in [-0.3, -0.25) is 9.78 Å². The van der Waals surface area contributed by atoms with Crippen LogP contribution in [0.1, 0.15) is 25.0 Å². The number of aromatic nitrogens is 1. The number of urea groups is 1. The Labute approximate surface area is 205 Å². The van der Waals surface area contributed by atoms with Gasteiger partial charge in [0.15, 0.2) is 0 Å². The van der Waals surface area contributed by atoms with Crippen molar-refractivity contribution in [3.63, 3.8) is 0 Å². The maximum absolute atomic E-state index is 13.4. The van der Waals surface area contributed by atoms with Gasteiger partial charge in [-0.05, 0) is 67.4 Å². The van der Waals surface area contributed by atoms with Gasteiger partial charge < -0.3 is 9.64 Å². The van der Waals surface area contributed by atoms with Crippen molar-refractivity contribution in [1.29, 1.82) is 5.26 Å². The number of hydrogen-bond acceptors (Lipinski definition) is 5. The zero-order chi connectivity index (χ0) is 26.1. The number of ether oxygens (including phenoxy) is 1. The topological polar surface area (TPSA) is 86.5 Å². The monoisotopic (exact) mass is 494 g/mol. The molecule has 0 aliphatic carbocycles. The van der Waals surface area contributed by atoms with Crippen LogP contribution in [0.3, 0.4) is 0 Å². The van der Waals surface area contributed by atoms with Crippen molar-refractivity contribution in [2.24, 2.45) is 0 Å². The molecule has 3 aromatic rings. The highest BCUT2D eigenvalue weighted by Gasteiger charge is 2.52. The van der Waals surface area contributed by atoms with Crippen molar-refractivity contribution in [2.75, 3.05) is 18.1 Å². The lowest BCUT2D eigenvalue weighted by Gasteiger charge is -2.27. The second kappa shape index (κ2) is 9.34. The Balaban J connectivity index is 1.48. The van der Waals surface area contributed by atoms with Crippen molar-refractivity contribution >= 4 is 17.6 Å². The van der Waals surface area contributed by atoms with E-state index >= 15 is 0 Å². The largest absolute Gasteiger partial charge is 0.492 e. The van der Waals surface area contributed by atoms with E-state index in [4.69, 9.17) is 10.00 Å². The fourth-order valence-corrected chi connectivity index (χ4v) is 3.98. The molecule has 1 fully saturated rings. The molecule has 0 N–H and O–H groups in total. The lowest BCUT2D eigenvalue weighted by atomic mass is 10.0. The van der Waals surface area contributed by atoms with E-state index in [0.717, 1.165) is 23.3 Å². The molecular weight excluding hydrogens is 473 g/mol. The molecule has 184 valence electrons. The van der Waals surface area contributed by atoms with Gasteiger partial charge in [0.2, 0.25) is 0 Å². The number of alkyl halides is 3. The number of carbonyl (C=O) groups is 2. The van der Waals surface area contributed by atoms with Gasteiger partial charge in [-0.2, -0.15) is 18.4 Å². The van der Waals surface area contributed by atoms with Crippen LogP contribution in [0.2, 0.25) is 0 Å². The van der Waals surface area contributed by atoms with Gasteiger partial charge >= 0.3 is 12.2 Å². The molecule has 1 aromatic heterocycles. The maximum Gasteiger partial charge on any atom is 0.417 e. The summed E-state index contributed by atoms with van der Waals surface area (Å²) in [5.41, 5.74) is -1.39. The Morgan fingerprint density at radius 1 is 1.00 bits per heavy atom. The van der Waals surface area contributed by atoms with Crippen molar-refractivity contribution in [3.8, 4) is 22.9 Å². The first kappa shape index (κ1) is 24.7. The van der Waals surface area contributed by atoms with E-state index in [-0.39, 0.29) is 18.8 Å². The van der Waals surface area contributed by atoms with Gasteiger partial charge in [0.05, 0.1) is 29.4 Å². The molecule has 0 spiro atoms. The molecule has 0 unspecified atom stereocenters. The summed E-state index contributed by atoms with van der Waals surface area (Å²) in [6.07, 6.45) is -1.43. The first-order valence-corrected chi connectivity index (χ1v) is 10.9. The molecular formula is C26H21F3N4O3. The Bertz CT molecular complexity index is 1330. The van der Waals surface area contributed by atoms with Gasteiger partial charge in [0.25, 0.3) is 5.91 Å². The molecule has 2 heterocycles. The summed E-state index contributed by atoms with van der Waals surface area (Å²) in [4.78, 5) is 32.1. The third-order valence-corrected chi connectivity index (χ3v) is 5.96. The zero-order valence-corrected chi connectivity index (χ0v) is 19.4. The number of anilines is 1. The molecule has 1 saturated heterocycles. The van der Waals surface area contributed by atoms with Gasteiger partial charge in [-0.1, -0.05) is 12.1 Å². The summed E-state index contributed by atoms with van der Waals surface area (Å²) >= 11 is 0. The summed E-state index contributed by atoms with van der Waals surface area (Å²) in [6, 6.07) is 14.5. The standard InChI is InChI=1S/C26H21F3N4O3/c1-25(2)23(34)33(20-6-3-19(16-30)22(15-20)26(27,28)29)24(35)32(25)13-14-36-21-7-4-17(5-8-21)18-9-11-31-12-10-18/h3-12,15H,13-14H2,1-2H3. The second-order valence-electron chi connectivity index (χ2n) is 8.58. The predicted octanol–water partition coefficient (Wildman–Crippen LogP) is 5.27. The minimum absolute atomic E-state index is 0.0303. The highest BCUT2D eigenvalue weighted by molar-refractivity contribution is 6.23. The number of amides is 3. The Hall–Kier alpha value is -4.39. The number of pyridine rings is 1. The van der Waals surface area contributed by atoms with Crippen LogP contribution in [0.5, 0.6) is 5.75 Å². The van der Waals surface area contributed by atoms with Crippen LogP contribution < -0.4 is 9.64 Å². The van der Waals surface area contributed by atoms with E-state index in [1.165, 1.54) is 24.8 Å². The van der Waals surface area contributed by atoms with Crippen LogP contribution in [0.15, 0.2) is 67.0 Å². The Morgan fingerprint density at radius 2 is 1.64 bits per heavy atom. The highest BCUT2D eigenvalue weighted by Crippen LogP contribution is 2.37. The van der Waals surface area contributed by atoms with Crippen molar-refractivity contribution in [1.82, 2.24) is 9.88 Å². The van der Waals surface area contributed by atoms with Gasteiger partial charge in [0, 0.05) is 12.4 Å². The number of nitriles is 1. The first-order chi connectivity index (χ1) is 17.0. The number of nitrogens with zero attached hydrogens (tertiary/aromatic N) is 4. The lowest BCUT2D eigenvalue weighted by Crippen LogP contribution is -2.46. The SMILES string of the molecule is CC1(C)C(=O)N(c2ccc(C#N)c(C(F)(F)F)c2)C(=O)N1CCOc1ccc(-c2ccncc2)cc1. The third kappa shape index (κ3) is 4.60. The number of carbonyl (C=O) groups excluding carboxylic acids is 2. The Morgan fingerprint density at radius 3 is 2.25 bits per heavy atom. The molecule has 7 nitrogen and oxygen atoms in total. The molecule has 36 heavy (non-hydrogen) atoms. The van der Waals surface area contributed by atoms with Crippen molar-refractivity contribution in [2.45, 2.75) is 25.6 Å². The van der Waals surface area contributed by atoms with E-state index in [1.807, 2.05) is 24.3 Å². The molecule has 2 aromatic carbocycles. The summed E-state index contributed by atoms with van der Waals surface area (Å²) in [5, 5.41) is 9.01. The van der Waals surface area contributed by atoms with E-state index in [1.54, 1.807) is 24.5 Å². The van der Waals surface area contributed by atoms with Gasteiger partial charge in [-0.15, -0.1) is 0 Å². The van der Waals surface area contributed by atoms with Crippen LogP contribution >= 0.6 is 0 Å². The van der Waals surface area contributed by atoms with Crippen molar-refractivity contribution in [3.05, 3.63) is 78.1 Å². The van der Waals surface area contributed by atoms with Crippen LogP contribution in [0.4, 0.5) is 23.7 Å². The number of halogens is 3. The molecule has 3 amide bonds. The zero-order valence-electron chi connectivity index (χ0n) is 19.4. The summed E-state index contributed by atoms with van der Waals surface area (Å²) < 4.78 is 46.0. The van der Waals surface area contributed by atoms with E-state index < -0.39 is 34.8 Å². The van der Waals surface area contributed by atoms with Crippen LogP contribution in [0.25, 0.3) is 11.1 Å². The number of hydrogen-bond donors (Lipinski definition) is 0. The lowest BCUT2D eigenvalue weighted by molar-refractivity contribution is -0.137. The molecule has 0 bridgehead atoms. The number of rotatable bonds is 6. The predicted molar refractivity (Wildman–Crippen MR) is 125 cm³/mol. The number of imide groups is 1. The smallest absolute Gasteiger partial charge is 0.417 e. The van der Waals surface area contributed by atoms with Crippen LogP contribution in [-0.4, -0.2) is 40.5 Å². The molecule has 0 radical (unpaired) electrons. The maximum atomic E-state index is 13.4. The minimum atomic E-state index is -4.82. The van der Waals surface area contributed by atoms with E-state index in [9.17, 15) is 22.8 Å². The molecule has 1 aliphatic rings.